The molecule has 20 heavy (non-hydrogen) atoms. The molecular formula is C10H14ClN3O3S3. The summed E-state index contributed by atoms with van der Waals surface area (Å²) in [7, 11) is -4.71. The van der Waals surface area contributed by atoms with Gasteiger partial charge in [0.05, 0.1) is 0 Å². The van der Waals surface area contributed by atoms with Gasteiger partial charge in [0.1, 0.15) is 0 Å². The number of rotatable bonds is 6. The summed E-state index contributed by atoms with van der Waals surface area (Å²) >= 11 is 7.22. The summed E-state index contributed by atoms with van der Waals surface area (Å²) < 4.78 is 39.7. The molecule has 2 aromatic heterocycles. The van der Waals surface area contributed by atoms with Gasteiger partial charge < -0.3 is 0 Å². The van der Waals surface area contributed by atoms with E-state index in [4.69, 9.17) is 11.6 Å². The van der Waals surface area contributed by atoms with Crippen LogP contribution in [0.4, 0.5) is 0 Å². The highest BCUT2D eigenvalue weighted by Gasteiger charge is 2.26. The van der Waals surface area contributed by atoms with Crippen molar-refractivity contribution in [3.05, 3.63) is 16.7 Å². The summed E-state index contributed by atoms with van der Waals surface area (Å²) in [5.41, 5.74) is 0. The van der Waals surface area contributed by atoms with Crippen molar-refractivity contribution in [1.29, 1.82) is 0 Å². The molecule has 0 fully saturated rings. The number of hydrogen-bond acceptors (Lipinski definition) is 5. The number of nitrogens with zero attached hydrogens (tertiary/aromatic N) is 2. The molecule has 2 atom stereocenters. The molecule has 0 bridgehead atoms. The number of nitrogens with one attached hydrogen (secondary N) is 1. The molecule has 0 aromatic carbocycles. The second kappa shape index (κ2) is 6.10. The van der Waals surface area contributed by atoms with Crippen LogP contribution in [0, 0.1) is 0 Å². The lowest BCUT2D eigenvalue weighted by Crippen LogP contribution is -2.34. The molecule has 2 heterocycles. The lowest BCUT2D eigenvalue weighted by molar-refractivity contribution is 0.551. The SMILES string of the molecule is CC(CCS(C)=O)NS(=O)(=O)c1c(Cl)nc2sccn12. The second-order valence-corrected chi connectivity index (χ2v) is 8.77. The molecule has 0 amide bonds. The highest BCUT2D eigenvalue weighted by Crippen LogP contribution is 2.25. The number of fused-ring (bicyclic) bond motifs is 1. The summed E-state index contributed by atoms with van der Waals surface area (Å²) in [5, 5.41) is 1.64. The van der Waals surface area contributed by atoms with Crippen LogP contribution in [0.25, 0.3) is 4.96 Å². The number of imidazole rings is 1. The topological polar surface area (TPSA) is 80.5 Å². The van der Waals surface area contributed by atoms with Gasteiger partial charge in [0, 0.05) is 40.4 Å². The largest absolute Gasteiger partial charge is 0.279 e. The van der Waals surface area contributed by atoms with Crippen molar-refractivity contribution in [3.8, 4) is 0 Å². The maximum atomic E-state index is 12.4. The maximum Gasteiger partial charge on any atom is 0.260 e. The molecule has 0 saturated heterocycles. The van der Waals surface area contributed by atoms with E-state index in [1.807, 2.05) is 0 Å². The molecule has 0 aliphatic rings. The molecule has 2 rings (SSSR count). The van der Waals surface area contributed by atoms with Gasteiger partial charge in [-0.05, 0) is 13.3 Å². The van der Waals surface area contributed by atoms with Crippen molar-refractivity contribution in [1.82, 2.24) is 14.1 Å². The molecule has 0 aliphatic heterocycles. The Kier molecular flexibility index (Phi) is 4.85. The number of halogens is 1. The molecular weight excluding hydrogens is 342 g/mol. The smallest absolute Gasteiger partial charge is 0.260 e. The van der Waals surface area contributed by atoms with Crippen LogP contribution in [0.3, 0.4) is 0 Å². The van der Waals surface area contributed by atoms with Gasteiger partial charge in [0.15, 0.2) is 15.1 Å². The average Bonchev–Trinajstić information content (AvgIpc) is 2.84. The maximum absolute atomic E-state index is 12.4. The molecule has 112 valence electrons. The van der Waals surface area contributed by atoms with Gasteiger partial charge in [0.25, 0.3) is 10.0 Å². The Morgan fingerprint density at radius 3 is 2.95 bits per heavy atom. The molecule has 2 unspecified atom stereocenters. The van der Waals surface area contributed by atoms with Crippen LogP contribution in [0.5, 0.6) is 0 Å². The minimum absolute atomic E-state index is 0.0457. The third-order valence-electron chi connectivity index (χ3n) is 2.63. The van der Waals surface area contributed by atoms with Gasteiger partial charge in [-0.1, -0.05) is 11.6 Å². The Balaban J connectivity index is 2.24. The number of sulfonamides is 1. The lowest BCUT2D eigenvalue weighted by atomic mass is 10.3. The standard InChI is InChI=1S/C10H14ClN3O3S3/c1-7(3-6-19(2)15)13-20(16,17)9-8(11)12-10-14(9)4-5-18-10/h4-5,7,13H,3,6H2,1-2H3. The predicted molar refractivity (Wildman–Crippen MR) is 81.4 cm³/mol. The Morgan fingerprint density at radius 2 is 2.30 bits per heavy atom. The molecule has 0 radical (unpaired) electrons. The fraction of sp³-hybridized carbons (Fsp3) is 0.500. The summed E-state index contributed by atoms with van der Waals surface area (Å²) in [6.45, 7) is 1.73. The van der Waals surface area contributed by atoms with E-state index >= 15 is 0 Å². The Morgan fingerprint density at radius 1 is 1.60 bits per heavy atom. The van der Waals surface area contributed by atoms with E-state index in [0.717, 1.165) is 0 Å². The van der Waals surface area contributed by atoms with Crippen LogP contribution in [-0.2, 0) is 20.8 Å². The number of aromatic nitrogens is 2. The van der Waals surface area contributed by atoms with E-state index in [0.29, 0.717) is 17.1 Å². The van der Waals surface area contributed by atoms with Gasteiger partial charge in [-0.3, -0.25) is 8.61 Å². The van der Waals surface area contributed by atoms with Gasteiger partial charge >= 0.3 is 0 Å². The van der Waals surface area contributed by atoms with Crippen molar-refractivity contribution in [2.75, 3.05) is 12.0 Å². The van der Waals surface area contributed by atoms with Gasteiger partial charge in [-0.2, -0.15) is 0 Å². The van der Waals surface area contributed by atoms with Gasteiger partial charge in [-0.25, -0.2) is 18.1 Å². The fourth-order valence-electron chi connectivity index (χ4n) is 1.70. The molecule has 0 spiro atoms. The van der Waals surface area contributed by atoms with Crippen LogP contribution < -0.4 is 4.72 Å². The molecule has 6 nitrogen and oxygen atoms in total. The lowest BCUT2D eigenvalue weighted by Gasteiger charge is -2.13. The zero-order valence-electron chi connectivity index (χ0n) is 10.9. The Hall–Kier alpha value is -0.480. The molecule has 0 saturated carbocycles. The summed E-state index contributed by atoms with van der Waals surface area (Å²) in [6, 6.07) is -0.329. The molecule has 10 heteroatoms. The van der Waals surface area contributed by atoms with E-state index < -0.39 is 20.8 Å². The van der Waals surface area contributed by atoms with Crippen LogP contribution in [0.15, 0.2) is 16.6 Å². The number of hydrogen-bond donors (Lipinski definition) is 1. The zero-order chi connectivity index (χ0) is 14.9. The summed E-state index contributed by atoms with van der Waals surface area (Å²) in [6.07, 6.45) is 3.69. The first kappa shape index (κ1) is 15.9. The fourth-order valence-corrected chi connectivity index (χ4v) is 5.12. The van der Waals surface area contributed by atoms with Gasteiger partial charge in [0.2, 0.25) is 0 Å². The van der Waals surface area contributed by atoms with Crippen LogP contribution in [-0.4, -0.2) is 40.1 Å². The summed E-state index contributed by atoms with van der Waals surface area (Å²) in [4.78, 5) is 4.53. The van der Waals surface area contributed by atoms with Gasteiger partial charge in [-0.15, -0.1) is 11.3 Å². The highest BCUT2D eigenvalue weighted by atomic mass is 35.5. The van der Waals surface area contributed by atoms with Crippen LogP contribution in [0.1, 0.15) is 13.3 Å². The van der Waals surface area contributed by atoms with E-state index in [9.17, 15) is 12.6 Å². The normalized spacial score (nSPS) is 15.6. The third kappa shape index (κ3) is 3.40. The molecule has 1 N–H and O–H groups in total. The van der Waals surface area contributed by atoms with E-state index in [2.05, 4.69) is 9.71 Å². The monoisotopic (exact) mass is 355 g/mol. The van der Waals surface area contributed by atoms with E-state index in [1.54, 1.807) is 24.8 Å². The van der Waals surface area contributed by atoms with E-state index in [-0.39, 0.29) is 16.2 Å². The Bertz CT molecular complexity index is 737. The van der Waals surface area contributed by atoms with Crippen molar-refractivity contribution in [3.63, 3.8) is 0 Å². The van der Waals surface area contributed by atoms with E-state index in [1.165, 1.54) is 15.7 Å². The zero-order valence-corrected chi connectivity index (χ0v) is 14.1. The highest BCUT2D eigenvalue weighted by molar-refractivity contribution is 7.89. The minimum Gasteiger partial charge on any atom is -0.279 e. The summed E-state index contributed by atoms with van der Waals surface area (Å²) in [5.74, 6) is 0.442. The van der Waals surface area contributed by atoms with Crippen LogP contribution in [0.2, 0.25) is 5.15 Å². The Labute approximate surface area is 128 Å². The first-order valence-corrected chi connectivity index (χ1v) is 10.2. The first-order valence-electron chi connectivity index (χ1n) is 5.74. The molecule has 2 aromatic rings. The van der Waals surface area contributed by atoms with Crippen molar-refractivity contribution >= 4 is 48.7 Å². The molecule has 0 aliphatic carbocycles. The van der Waals surface area contributed by atoms with Crippen molar-refractivity contribution < 1.29 is 12.6 Å². The predicted octanol–water partition coefficient (Wildman–Crippen LogP) is 1.48. The average molecular weight is 356 g/mol. The first-order chi connectivity index (χ1) is 9.31. The van der Waals surface area contributed by atoms with Crippen molar-refractivity contribution in [2.45, 2.75) is 24.4 Å². The van der Waals surface area contributed by atoms with Crippen LogP contribution >= 0.6 is 22.9 Å². The second-order valence-electron chi connectivity index (χ2n) is 4.35. The minimum atomic E-state index is -3.77. The number of thiazole rings is 1. The quantitative estimate of drug-likeness (QED) is 0.851. The third-order valence-corrected chi connectivity index (χ3v) is 6.18. The van der Waals surface area contributed by atoms with Crippen molar-refractivity contribution in [2.24, 2.45) is 0 Å².